The van der Waals surface area contributed by atoms with E-state index in [1.165, 1.54) is 35.6 Å². The standard InChI is InChI=1S/C18H13ClF3N3O2.C8H11N3O3S/c1-8-14(18(26)27-2)15(11-4-3-9(20)5-12(11)19)25-17(24-8)16-13(22)6-10(21)7-23-16;9-5-1-2-11(8(13)10-5)6-4-15-7(3-12)14-6/h3-7,15H,1-2H3,(H,24,25);1-2,6-7,12H,3-4H2,(H2,9,10,13)/t15-;6-,7+/m00/s1. The van der Waals surface area contributed by atoms with Crippen molar-refractivity contribution < 1.29 is 32.5 Å². The number of amidine groups is 1. The number of nitrogens with zero attached hydrogens (tertiary/aromatic N) is 4. The largest absolute Gasteiger partial charge is 0.466 e. The van der Waals surface area contributed by atoms with E-state index in [0.717, 1.165) is 12.3 Å². The number of nitrogens with two attached hydrogens (primary N) is 1. The number of hydrogen-bond acceptors (Lipinski definition) is 11. The number of methoxy groups -OCH3 is 1. The summed E-state index contributed by atoms with van der Waals surface area (Å²) in [6.45, 7) is 1.51. The lowest BCUT2D eigenvalue weighted by Crippen LogP contribution is -2.33. The summed E-state index contributed by atoms with van der Waals surface area (Å²) in [6.07, 6.45) is 2.03. The van der Waals surface area contributed by atoms with E-state index in [1.807, 2.05) is 0 Å². The van der Waals surface area contributed by atoms with E-state index in [0.29, 0.717) is 23.1 Å². The zero-order chi connectivity index (χ0) is 30.6. The average molecular weight is 625 g/mol. The van der Waals surface area contributed by atoms with Crippen molar-refractivity contribution in [1.82, 2.24) is 19.9 Å². The number of aromatic nitrogens is 3. The minimum Gasteiger partial charge on any atom is -0.466 e. The number of carbonyl (C=O) groups is 1. The van der Waals surface area contributed by atoms with Gasteiger partial charge in [-0.1, -0.05) is 17.7 Å². The fourth-order valence-electron chi connectivity index (χ4n) is 4.04. The van der Waals surface area contributed by atoms with Crippen molar-refractivity contribution in [2.45, 2.75) is 24.6 Å². The number of esters is 1. The first-order valence-corrected chi connectivity index (χ1v) is 13.6. The molecule has 222 valence electrons. The van der Waals surface area contributed by atoms with E-state index in [2.05, 4.69) is 20.3 Å². The minimum atomic E-state index is -0.993. The van der Waals surface area contributed by atoms with Gasteiger partial charge in [-0.3, -0.25) is 9.56 Å². The highest BCUT2D eigenvalue weighted by atomic mass is 35.5. The topological polar surface area (TPSA) is 154 Å². The number of rotatable bonds is 5. The summed E-state index contributed by atoms with van der Waals surface area (Å²) in [7, 11) is 1.20. The van der Waals surface area contributed by atoms with Crippen LogP contribution < -0.4 is 16.7 Å². The van der Waals surface area contributed by atoms with Crippen LogP contribution in [-0.4, -0.2) is 56.4 Å². The molecule has 3 aromatic rings. The van der Waals surface area contributed by atoms with E-state index in [-0.39, 0.29) is 46.2 Å². The van der Waals surface area contributed by atoms with Crippen LogP contribution in [-0.2, 0) is 14.3 Å². The molecule has 4 N–H and O–H groups in total. The highest BCUT2D eigenvalue weighted by Gasteiger charge is 2.33. The number of pyridine rings is 1. The summed E-state index contributed by atoms with van der Waals surface area (Å²) in [5, 5.41) is 11.7. The Morgan fingerprint density at radius 1 is 1.29 bits per heavy atom. The molecule has 1 saturated heterocycles. The van der Waals surface area contributed by atoms with Gasteiger partial charge < -0.3 is 25.6 Å². The zero-order valence-corrected chi connectivity index (χ0v) is 23.6. The molecule has 2 aromatic heterocycles. The molecule has 16 heteroatoms. The Labute approximate surface area is 246 Å². The summed E-state index contributed by atoms with van der Waals surface area (Å²) in [4.78, 5) is 35.3. The predicted octanol–water partition coefficient (Wildman–Crippen LogP) is 3.10. The quantitative estimate of drug-likeness (QED) is 0.361. The Kier molecular flexibility index (Phi) is 9.88. The third kappa shape index (κ3) is 6.92. The Hall–Kier alpha value is -3.92. The van der Waals surface area contributed by atoms with E-state index in [9.17, 15) is 22.8 Å². The van der Waals surface area contributed by atoms with Gasteiger partial charge >= 0.3 is 11.7 Å². The highest BCUT2D eigenvalue weighted by Crippen LogP contribution is 2.36. The maximum atomic E-state index is 14.1. The molecule has 1 aromatic carbocycles. The number of hydrogen-bond donors (Lipinski definition) is 3. The van der Waals surface area contributed by atoms with Crippen LogP contribution in [0.15, 0.2) is 63.8 Å². The zero-order valence-electron chi connectivity index (χ0n) is 22.1. The van der Waals surface area contributed by atoms with Gasteiger partial charge in [0.2, 0.25) is 0 Å². The summed E-state index contributed by atoms with van der Waals surface area (Å²) in [6, 6.07) is 4.84. The van der Waals surface area contributed by atoms with Crippen molar-refractivity contribution in [2.75, 3.05) is 25.2 Å². The molecular formula is C26H24ClF3N6O5S. The van der Waals surface area contributed by atoms with Crippen LogP contribution in [0.5, 0.6) is 0 Å². The van der Waals surface area contributed by atoms with Gasteiger partial charge in [0, 0.05) is 34.3 Å². The normalized spacial score (nSPS) is 19.9. The van der Waals surface area contributed by atoms with Crippen molar-refractivity contribution in [3.63, 3.8) is 0 Å². The van der Waals surface area contributed by atoms with Gasteiger partial charge in [-0.05, 0) is 25.1 Å². The van der Waals surface area contributed by atoms with Crippen LogP contribution in [0, 0.1) is 17.5 Å². The van der Waals surface area contributed by atoms with E-state index < -0.39 is 35.2 Å². The van der Waals surface area contributed by atoms with Crippen LogP contribution in [0.25, 0.3) is 0 Å². The first-order chi connectivity index (χ1) is 20.0. The van der Waals surface area contributed by atoms with Crippen LogP contribution in [0.2, 0.25) is 5.02 Å². The molecule has 2 aliphatic heterocycles. The van der Waals surface area contributed by atoms with Crippen molar-refractivity contribution >= 4 is 41.0 Å². The number of carbonyl (C=O) groups excluding carboxylic acids is 1. The van der Waals surface area contributed by atoms with Gasteiger partial charge in [0.15, 0.2) is 11.7 Å². The number of aliphatic hydroxyl groups is 1. The van der Waals surface area contributed by atoms with Gasteiger partial charge in [-0.15, -0.1) is 11.8 Å². The maximum Gasteiger partial charge on any atom is 0.351 e. The van der Waals surface area contributed by atoms with E-state index in [1.54, 1.807) is 19.2 Å². The number of aliphatic imine (C=N–C) groups is 1. The summed E-state index contributed by atoms with van der Waals surface area (Å²) >= 11 is 7.59. The number of benzene rings is 1. The summed E-state index contributed by atoms with van der Waals surface area (Å²) in [5.41, 5.74) is 5.20. The molecule has 0 bridgehead atoms. The number of nitrogens with one attached hydrogen (secondary N) is 1. The number of thioether (sulfide) groups is 1. The molecule has 0 amide bonds. The van der Waals surface area contributed by atoms with E-state index >= 15 is 0 Å². The van der Waals surface area contributed by atoms with Crippen LogP contribution in [0.3, 0.4) is 0 Å². The number of aliphatic hydroxyl groups excluding tert-OH is 1. The number of nitrogen functional groups attached to an aromatic ring is 1. The number of anilines is 1. The SMILES string of the molecule is COC(=O)C1=C(C)NC(c2ncc(F)cc2F)=N[C@H]1c1ccc(F)cc1Cl.Nc1ccn([C@@H]2CS[C@H](CO)O2)c(=O)n1. The third-order valence-electron chi connectivity index (χ3n) is 5.98. The van der Waals surface area contributed by atoms with Crippen LogP contribution >= 0.6 is 23.4 Å². The minimum absolute atomic E-state index is 0.0250. The number of ether oxygens (including phenoxy) is 2. The molecule has 2 aliphatic rings. The Balaban J connectivity index is 0.000000227. The van der Waals surface area contributed by atoms with Gasteiger partial charge in [0.1, 0.15) is 40.9 Å². The maximum absolute atomic E-state index is 14.1. The second-order valence-electron chi connectivity index (χ2n) is 8.76. The summed E-state index contributed by atoms with van der Waals surface area (Å²) < 4.78 is 52.3. The smallest absolute Gasteiger partial charge is 0.351 e. The monoisotopic (exact) mass is 624 g/mol. The fourth-order valence-corrected chi connectivity index (χ4v) is 5.24. The van der Waals surface area contributed by atoms with Gasteiger partial charge in [0.05, 0.1) is 25.5 Å². The molecule has 0 radical (unpaired) electrons. The molecule has 5 rings (SSSR count). The number of halogens is 4. The Morgan fingerprint density at radius 2 is 2.05 bits per heavy atom. The molecule has 4 heterocycles. The molecule has 3 atom stereocenters. The van der Waals surface area contributed by atoms with Crippen molar-refractivity contribution in [2.24, 2.45) is 4.99 Å². The van der Waals surface area contributed by atoms with Crippen LogP contribution in [0.4, 0.5) is 19.0 Å². The van der Waals surface area contributed by atoms with Crippen molar-refractivity contribution in [3.8, 4) is 0 Å². The molecule has 0 unspecified atom stereocenters. The first-order valence-electron chi connectivity index (χ1n) is 12.1. The second kappa shape index (κ2) is 13.4. The van der Waals surface area contributed by atoms with E-state index in [4.69, 9.17) is 31.9 Å². The second-order valence-corrected chi connectivity index (χ2v) is 10.4. The lowest BCUT2D eigenvalue weighted by molar-refractivity contribution is -0.136. The fraction of sp³-hybridized carbons (Fsp3) is 0.269. The third-order valence-corrected chi connectivity index (χ3v) is 7.42. The van der Waals surface area contributed by atoms with Crippen molar-refractivity contribution in [3.05, 3.63) is 98.2 Å². The lowest BCUT2D eigenvalue weighted by atomic mass is 9.95. The summed E-state index contributed by atoms with van der Waals surface area (Å²) in [5.74, 6) is -2.22. The Bertz CT molecular complexity index is 1620. The van der Waals surface area contributed by atoms with Gasteiger partial charge in [0.25, 0.3) is 0 Å². The van der Waals surface area contributed by atoms with Gasteiger partial charge in [-0.25, -0.2) is 27.7 Å². The first kappa shape index (κ1) is 31.0. The van der Waals surface area contributed by atoms with Crippen LogP contribution in [0.1, 0.15) is 30.5 Å². The molecule has 42 heavy (non-hydrogen) atoms. The number of allylic oxidation sites excluding steroid dienone is 1. The molecule has 0 aliphatic carbocycles. The molecular weight excluding hydrogens is 601 g/mol. The predicted molar refractivity (Wildman–Crippen MR) is 149 cm³/mol. The van der Waals surface area contributed by atoms with Crippen molar-refractivity contribution in [1.29, 1.82) is 0 Å². The molecule has 1 fully saturated rings. The molecule has 11 nitrogen and oxygen atoms in total. The molecule has 0 saturated carbocycles. The lowest BCUT2D eigenvalue weighted by Gasteiger charge is -2.26. The van der Waals surface area contributed by atoms with Gasteiger partial charge in [-0.2, -0.15) is 4.98 Å². The molecule has 0 spiro atoms. The average Bonchev–Trinajstić information content (AvgIpc) is 3.42. The highest BCUT2D eigenvalue weighted by molar-refractivity contribution is 8.00. The Morgan fingerprint density at radius 3 is 2.67 bits per heavy atom.